The maximum absolute atomic E-state index is 5.83. The predicted molar refractivity (Wildman–Crippen MR) is 48.7 cm³/mol. The van der Waals surface area contributed by atoms with Crippen molar-refractivity contribution in [1.82, 2.24) is 4.98 Å². The van der Waals surface area contributed by atoms with Gasteiger partial charge in [-0.3, -0.25) is 4.98 Å². The first-order valence-electron chi connectivity index (χ1n) is 4.44. The molecule has 3 atom stereocenters. The molecule has 1 aliphatic carbocycles. The molecule has 1 fully saturated rings. The number of nitrogens with zero attached hydrogens (tertiary/aromatic N) is 1. The second kappa shape index (κ2) is 2.87. The molecule has 64 valence electrons. The van der Waals surface area contributed by atoms with Crippen LogP contribution in [0.5, 0.6) is 0 Å². The van der Waals surface area contributed by atoms with Crippen molar-refractivity contribution in [2.24, 2.45) is 11.7 Å². The van der Waals surface area contributed by atoms with Crippen molar-refractivity contribution in [1.29, 1.82) is 0 Å². The standard InChI is InChI=1S/C10H14N2/c1-7-9(5-10(7)11)8-3-2-4-12-6-8/h2-4,6-7,9-10H,5,11H2,1H3. The van der Waals surface area contributed by atoms with Crippen LogP contribution >= 0.6 is 0 Å². The summed E-state index contributed by atoms with van der Waals surface area (Å²) in [6, 6.07) is 4.53. The number of hydrogen-bond acceptors (Lipinski definition) is 2. The molecule has 1 aromatic heterocycles. The van der Waals surface area contributed by atoms with Gasteiger partial charge in [-0.15, -0.1) is 0 Å². The van der Waals surface area contributed by atoms with Gasteiger partial charge in [0.15, 0.2) is 0 Å². The van der Waals surface area contributed by atoms with E-state index >= 15 is 0 Å². The Balaban J connectivity index is 2.13. The third kappa shape index (κ3) is 1.12. The van der Waals surface area contributed by atoms with Gasteiger partial charge in [-0.2, -0.15) is 0 Å². The highest BCUT2D eigenvalue weighted by molar-refractivity contribution is 5.20. The predicted octanol–water partition coefficient (Wildman–Crippen LogP) is 1.53. The van der Waals surface area contributed by atoms with Gasteiger partial charge >= 0.3 is 0 Å². The molecule has 2 heteroatoms. The highest BCUT2D eigenvalue weighted by Crippen LogP contribution is 2.40. The summed E-state index contributed by atoms with van der Waals surface area (Å²) >= 11 is 0. The third-order valence-corrected chi connectivity index (χ3v) is 2.95. The maximum Gasteiger partial charge on any atom is 0.0302 e. The minimum Gasteiger partial charge on any atom is -0.327 e. The highest BCUT2D eigenvalue weighted by Gasteiger charge is 2.35. The quantitative estimate of drug-likeness (QED) is 0.680. The Morgan fingerprint density at radius 1 is 1.58 bits per heavy atom. The minimum atomic E-state index is 0.398. The molecule has 2 nitrogen and oxygen atoms in total. The minimum absolute atomic E-state index is 0.398. The van der Waals surface area contributed by atoms with E-state index in [0.29, 0.717) is 17.9 Å². The lowest BCUT2D eigenvalue weighted by molar-refractivity contribution is 0.226. The summed E-state index contributed by atoms with van der Waals surface area (Å²) in [4.78, 5) is 4.11. The fourth-order valence-electron chi connectivity index (χ4n) is 1.86. The Bertz CT molecular complexity index is 258. The van der Waals surface area contributed by atoms with Crippen LogP contribution < -0.4 is 5.73 Å². The van der Waals surface area contributed by atoms with Crippen LogP contribution in [0, 0.1) is 5.92 Å². The smallest absolute Gasteiger partial charge is 0.0302 e. The van der Waals surface area contributed by atoms with Crippen LogP contribution in [0.2, 0.25) is 0 Å². The van der Waals surface area contributed by atoms with Gasteiger partial charge in [0, 0.05) is 18.4 Å². The second-order valence-electron chi connectivity index (χ2n) is 3.65. The van der Waals surface area contributed by atoms with E-state index in [1.165, 1.54) is 5.56 Å². The molecule has 0 amide bonds. The van der Waals surface area contributed by atoms with Gasteiger partial charge in [-0.1, -0.05) is 13.0 Å². The summed E-state index contributed by atoms with van der Waals surface area (Å²) in [7, 11) is 0. The van der Waals surface area contributed by atoms with Crippen LogP contribution in [0.4, 0.5) is 0 Å². The summed E-state index contributed by atoms with van der Waals surface area (Å²) < 4.78 is 0. The van der Waals surface area contributed by atoms with Crippen LogP contribution in [0.15, 0.2) is 24.5 Å². The SMILES string of the molecule is CC1C(N)CC1c1cccnc1. The zero-order chi connectivity index (χ0) is 8.55. The average molecular weight is 162 g/mol. The molecule has 12 heavy (non-hydrogen) atoms. The van der Waals surface area contributed by atoms with Crippen molar-refractivity contribution in [3.8, 4) is 0 Å². The first-order chi connectivity index (χ1) is 5.79. The van der Waals surface area contributed by atoms with Gasteiger partial charge in [-0.25, -0.2) is 0 Å². The van der Waals surface area contributed by atoms with E-state index in [4.69, 9.17) is 5.73 Å². The Hall–Kier alpha value is -0.890. The molecule has 0 bridgehead atoms. The van der Waals surface area contributed by atoms with Crippen LogP contribution in [0.1, 0.15) is 24.8 Å². The van der Waals surface area contributed by atoms with Gasteiger partial charge in [0.05, 0.1) is 0 Å². The summed E-state index contributed by atoms with van der Waals surface area (Å²) in [5.74, 6) is 1.27. The Kier molecular flexibility index (Phi) is 1.85. The van der Waals surface area contributed by atoms with E-state index in [2.05, 4.69) is 18.0 Å². The van der Waals surface area contributed by atoms with Crippen LogP contribution in [0.25, 0.3) is 0 Å². The lowest BCUT2D eigenvalue weighted by Crippen LogP contribution is -2.44. The normalized spacial score (nSPS) is 34.3. The van der Waals surface area contributed by atoms with Crippen LogP contribution in [0.3, 0.4) is 0 Å². The molecule has 1 aromatic rings. The zero-order valence-electron chi connectivity index (χ0n) is 7.27. The molecule has 0 spiro atoms. The second-order valence-corrected chi connectivity index (χ2v) is 3.65. The molecule has 0 saturated heterocycles. The van der Waals surface area contributed by atoms with Gasteiger partial charge in [0.25, 0.3) is 0 Å². The molecule has 0 aromatic carbocycles. The van der Waals surface area contributed by atoms with E-state index in [0.717, 1.165) is 6.42 Å². The van der Waals surface area contributed by atoms with Gasteiger partial charge in [0.1, 0.15) is 0 Å². The van der Waals surface area contributed by atoms with E-state index in [1.807, 2.05) is 18.5 Å². The van der Waals surface area contributed by atoms with Crippen molar-refractivity contribution in [3.63, 3.8) is 0 Å². The molecule has 1 saturated carbocycles. The molecule has 0 radical (unpaired) electrons. The first kappa shape index (κ1) is 7.74. The molecule has 0 aliphatic heterocycles. The maximum atomic E-state index is 5.83. The van der Waals surface area contributed by atoms with Crippen molar-refractivity contribution < 1.29 is 0 Å². The Labute approximate surface area is 72.8 Å². The van der Waals surface area contributed by atoms with Crippen molar-refractivity contribution in [2.45, 2.75) is 25.3 Å². The van der Waals surface area contributed by atoms with E-state index in [-0.39, 0.29) is 0 Å². The molecule has 1 heterocycles. The number of nitrogens with two attached hydrogens (primary N) is 1. The fourth-order valence-corrected chi connectivity index (χ4v) is 1.86. The van der Waals surface area contributed by atoms with Gasteiger partial charge < -0.3 is 5.73 Å². The molecule has 2 N–H and O–H groups in total. The van der Waals surface area contributed by atoms with Crippen molar-refractivity contribution in [2.75, 3.05) is 0 Å². The lowest BCUT2D eigenvalue weighted by atomic mass is 9.68. The van der Waals surface area contributed by atoms with Gasteiger partial charge in [-0.05, 0) is 29.9 Å². The van der Waals surface area contributed by atoms with Gasteiger partial charge in [0.2, 0.25) is 0 Å². The zero-order valence-corrected chi connectivity index (χ0v) is 7.27. The monoisotopic (exact) mass is 162 g/mol. The summed E-state index contributed by atoms with van der Waals surface area (Å²) in [6.45, 7) is 2.21. The van der Waals surface area contributed by atoms with E-state index < -0.39 is 0 Å². The van der Waals surface area contributed by atoms with Crippen LogP contribution in [-0.4, -0.2) is 11.0 Å². The highest BCUT2D eigenvalue weighted by atomic mass is 14.7. The fraction of sp³-hybridized carbons (Fsp3) is 0.500. The Morgan fingerprint density at radius 3 is 2.92 bits per heavy atom. The van der Waals surface area contributed by atoms with E-state index in [9.17, 15) is 0 Å². The van der Waals surface area contributed by atoms with Crippen molar-refractivity contribution >= 4 is 0 Å². The Morgan fingerprint density at radius 2 is 2.42 bits per heavy atom. The topological polar surface area (TPSA) is 38.9 Å². The largest absolute Gasteiger partial charge is 0.327 e. The number of aromatic nitrogens is 1. The third-order valence-electron chi connectivity index (χ3n) is 2.95. The molecular weight excluding hydrogens is 148 g/mol. The summed E-state index contributed by atoms with van der Waals surface area (Å²) in [5, 5.41) is 0. The summed E-state index contributed by atoms with van der Waals surface area (Å²) in [6.07, 6.45) is 4.88. The lowest BCUT2D eigenvalue weighted by Gasteiger charge is -2.40. The average Bonchev–Trinajstić information content (AvgIpc) is 2.15. The molecule has 1 aliphatic rings. The van der Waals surface area contributed by atoms with Crippen LogP contribution in [-0.2, 0) is 0 Å². The number of hydrogen-bond donors (Lipinski definition) is 1. The number of rotatable bonds is 1. The number of pyridine rings is 1. The van der Waals surface area contributed by atoms with Crippen molar-refractivity contribution in [3.05, 3.63) is 30.1 Å². The van der Waals surface area contributed by atoms with E-state index in [1.54, 1.807) is 0 Å². The first-order valence-corrected chi connectivity index (χ1v) is 4.44. The summed E-state index contributed by atoms with van der Waals surface area (Å²) in [5.41, 5.74) is 7.17. The molecule has 2 rings (SSSR count). The molecule has 3 unspecified atom stereocenters. The molecular formula is C10H14N2.